The van der Waals surface area contributed by atoms with Crippen LogP contribution in [0.2, 0.25) is 0 Å². The van der Waals surface area contributed by atoms with Crippen LogP contribution in [0, 0.1) is 22.2 Å². The Bertz CT molecular complexity index is 223. The van der Waals surface area contributed by atoms with Gasteiger partial charge in [0.2, 0.25) is 0 Å². The summed E-state index contributed by atoms with van der Waals surface area (Å²) >= 11 is 0. The van der Waals surface area contributed by atoms with Crippen molar-refractivity contribution < 1.29 is 0 Å². The average Bonchev–Trinajstić information content (AvgIpc) is 2.16. The Morgan fingerprint density at radius 2 is 0.850 bits per heavy atom. The Morgan fingerprint density at radius 1 is 0.500 bits per heavy atom. The van der Waals surface area contributed by atoms with Crippen molar-refractivity contribution in [2.45, 2.75) is 107 Å². The quantitative estimate of drug-likeness (QED) is 0.454. The molecule has 20 heavy (non-hydrogen) atoms. The molecule has 0 heteroatoms. The fraction of sp³-hybridized carbons (Fsp3) is 1.00. The first-order valence-electron chi connectivity index (χ1n) is 8.79. The topological polar surface area (TPSA) is 0 Å². The highest BCUT2D eigenvalue weighted by Crippen LogP contribution is 2.33. The minimum Gasteiger partial charge on any atom is -0.0602 e. The summed E-state index contributed by atoms with van der Waals surface area (Å²) in [4.78, 5) is 0. The van der Waals surface area contributed by atoms with E-state index in [0.29, 0.717) is 16.2 Å². The fourth-order valence-corrected chi connectivity index (χ4v) is 2.63. The molecule has 0 N–H and O–H groups in total. The summed E-state index contributed by atoms with van der Waals surface area (Å²) in [5, 5.41) is 0. The summed E-state index contributed by atoms with van der Waals surface area (Å²) in [6.45, 7) is 21.4. The van der Waals surface area contributed by atoms with E-state index in [0.717, 1.165) is 5.92 Å². The molecule has 0 nitrogen and oxygen atoms in total. The van der Waals surface area contributed by atoms with E-state index in [9.17, 15) is 0 Å². The number of hydrogen-bond donors (Lipinski definition) is 0. The van der Waals surface area contributed by atoms with Gasteiger partial charge in [0.05, 0.1) is 0 Å². The van der Waals surface area contributed by atoms with Gasteiger partial charge in [-0.3, -0.25) is 0 Å². The summed E-state index contributed by atoms with van der Waals surface area (Å²) in [6, 6.07) is 0. The lowest BCUT2D eigenvalue weighted by Crippen LogP contribution is -2.14. The van der Waals surface area contributed by atoms with E-state index in [2.05, 4.69) is 62.3 Å². The first kappa shape index (κ1) is 20.0. The standard InChI is InChI=1S/C20H42/c1-18(2,3)14-10-11-17(12-15-19(4,5)6)13-16-20(7,8)9/h17H,10-16H2,1-9H3. The van der Waals surface area contributed by atoms with Gasteiger partial charge < -0.3 is 0 Å². The Balaban J connectivity index is 4.25. The Morgan fingerprint density at radius 3 is 1.15 bits per heavy atom. The van der Waals surface area contributed by atoms with E-state index >= 15 is 0 Å². The lowest BCUT2D eigenvalue weighted by molar-refractivity contribution is 0.252. The van der Waals surface area contributed by atoms with Gasteiger partial charge in [0.15, 0.2) is 0 Å². The maximum atomic E-state index is 2.38. The molecular formula is C20H42. The number of hydrogen-bond acceptors (Lipinski definition) is 0. The summed E-state index contributed by atoms with van der Waals surface area (Å²) < 4.78 is 0. The third-order valence-corrected chi connectivity index (χ3v) is 4.14. The van der Waals surface area contributed by atoms with Crippen molar-refractivity contribution in [3.63, 3.8) is 0 Å². The maximum absolute atomic E-state index is 2.38. The van der Waals surface area contributed by atoms with Crippen LogP contribution in [0.5, 0.6) is 0 Å². The maximum Gasteiger partial charge on any atom is -0.0383 e. The van der Waals surface area contributed by atoms with Crippen LogP contribution in [0.15, 0.2) is 0 Å². The molecule has 0 aromatic rings. The van der Waals surface area contributed by atoms with Crippen molar-refractivity contribution in [2.24, 2.45) is 22.2 Å². The first-order valence-corrected chi connectivity index (χ1v) is 8.79. The molecule has 0 spiro atoms. The summed E-state index contributed by atoms with van der Waals surface area (Å²) in [5.74, 6) is 0.941. The van der Waals surface area contributed by atoms with Gasteiger partial charge in [0.1, 0.15) is 0 Å². The lowest BCUT2D eigenvalue weighted by Gasteiger charge is -2.27. The highest BCUT2D eigenvalue weighted by Gasteiger charge is 2.19. The molecule has 0 aliphatic rings. The molecule has 0 unspecified atom stereocenters. The van der Waals surface area contributed by atoms with Crippen molar-refractivity contribution in [1.29, 1.82) is 0 Å². The van der Waals surface area contributed by atoms with E-state index in [1.165, 1.54) is 44.9 Å². The summed E-state index contributed by atoms with van der Waals surface area (Å²) in [6.07, 6.45) is 9.79. The van der Waals surface area contributed by atoms with Gasteiger partial charge in [0, 0.05) is 0 Å². The molecule has 0 aliphatic carbocycles. The second-order valence-electron chi connectivity index (χ2n) is 10.5. The summed E-state index contributed by atoms with van der Waals surface area (Å²) in [5.41, 5.74) is 1.48. The molecule has 122 valence electrons. The molecule has 0 bridgehead atoms. The summed E-state index contributed by atoms with van der Waals surface area (Å²) in [7, 11) is 0. The minimum absolute atomic E-state index is 0.490. The fourth-order valence-electron chi connectivity index (χ4n) is 2.63. The van der Waals surface area contributed by atoms with Crippen molar-refractivity contribution in [3.05, 3.63) is 0 Å². The molecular weight excluding hydrogens is 240 g/mol. The lowest BCUT2D eigenvalue weighted by atomic mass is 9.79. The van der Waals surface area contributed by atoms with E-state index in [1.807, 2.05) is 0 Å². The largest absolute Gasteiger partial charge is 0.0602 e. The monoisotopic (exact) mass is 282 g/mol. The zero-order valence-electron chi connectivity index (χ0n) is 16.0. The second kappa shape index (κ2) is 7.85. The Labute approximate surface area is 130 Å². The van der Waals surface area contributed by atoms with Crippen LogP contribution in [0.4, 0.5) is 0 Å². The van der Waals surface area contributed by atoms with Gasteiger partial charge in [-0.1, -0.05) is 75.2 Å². The molecule has 0 radical (unpaired) electrons. The van der Waals surface area contributed by atoms with E-state index < -0.39 is 0 Å². The van der Waals surface area contributed by atoms with Crippen LogP contribution in [-0.4, -0.2) is 0 Å². The second-order valence-corrected chi connectivity index (χ2v) is 10.5. The zero-order valence-corrected chi connectivity index (χ0v) is 16.0. The van der Waals surface area contributed by atoms with E-state index in [1.54, 1.807) is 0 Å². The van der Waals surface area contributed by atoms with Crippen LogP contribution >= 0.6 is 0 Å². The first-order chi connectivity index (χ1) is 8.79. The van der Waals surface area contributed by atoms with E-state index in [-0.39, 0.29) is 0 Å². The average molecular weight is 283 g/mol. The molecule has 0 saturated carbocycles. The van der Waals surface area contributed by atoms with Crippen LogP contribution in [-0.2, 0) is 0 Å². The van der Waals surface area contributed by atoms with Crippen LogP contribution in [0.3, 0.4) is 0 Å². The molecule has 0 atom stereocenters. The van der Waals surface area contributed by atoms with Crippen molar-refractivity contribution in [1.82, 2.24) is 0 Å². The minimum atomic E-state index is 0.490. The molecule has 0 heterocycles. The predicted octanol–water partition coefficient (Wildman–Crippen LogP) is 7.47. The third-order valence-electron chi connectivity index (χ3n) is 4.14. The SMILES string of the molecule is CC(C)(C)CCCC(CCC(C)(C)C)CCC(C)(C)C. The smallest absolute Gasteiger partial charge is 0.0383 e. The van der Waals surface area contributed by atoms with Crippen molar-refractivity contribution >= 4 is 0 Å². The van der Waals surface area contributed by atoms with Crippen molar-refractivity contribution in [2.75, 3.05) is 0 Å². The predicted molar refractivity (Wildman–Crippen MR) is 94.2 cm³/mol. The van der Waals surface area contributed by atoms with Gasteiger partial charge >= 0.3 is 0 Å². The number of rotatable bonds is 7. The molecule has 0 rings (SSSR count). The molecule has 0 fully saturated rings. The Kier molecular flexibility index (Phi) is 7.85. The Hall–Kier alpha value is 0. The molecule has 0 aromatic heterocycles. The van der Waals surface area contributed by atoms with Crippen LogP contribution in [0.25, 0.3) is 0 Å². The van der Waals surface area contributed by atoms with Gasteiger partial charge in [-0.25, -0.2) is 0 Å². The highest BCUT2D eigenvalue weighted by atomic mass is 14.2. The third kappa shape index (κ3) is 14.4. The molecule has 0 saturated heterocycles. The zero-order chi connectivity index (χ0) is 16.0. The van der Waals surface area contributed by atoms with Gasteiger partial charge in [-0.2, -0.15) is 0 Å². The molecule has 0 aliphatic heterocycles. The van der Waals surface area contributed by atoms with Gasteiger partial charge in [-0.05, 0) is 54.3 Å². The van der Waals surface area contributed by atoms with Gasteiger partial charge in [-0.15, -0.1) is 0 Å². The molecule has 0 aromatic carbocycles. The molecule has 0 amide bonds. The van der Waals surface area contributed by atoms with Crippen LogP contribution < -0.4 is 0 Å². The normalized spacial score (nSPS) is 14.1. The highest BCUT2D eigenvalue weighted by molar-refractivity contribution is 4.71. The van der Waals surface area contributed by atoms with Gasteiger partial charge in [0.25, 0.3) is 0 Å². The van der Waals surface area contributed by atoms with Crippen molar-refractivity contribution in [3.8, 4) is 0 Å². The van der Waals surface area contributed by atoms with E-state index in [4.69, 9.17) is 0 Å². The van der Waals surface area contributed by atoms with Crippen LogP contribution in [0.1, 0.15) is 107 Å².